The van der Waals surface area contributed by atoms with Gasteiger partial charge >= 0.3 is 0 Å². The standard InChI is InChI=1S/C24H20N4O2S/c1-16-8-7-11-18(14-16)31(29,30)22-21-24(27-20-13-6-5-12-19(20)26-21)28(23(22)25)15-17-9-3-2-4-10-17/h2-14H,15,25H2,1H3. The van der Waals surface area contributed by atoms with Crippen molar-refractivity contribution in [2.45, 2.75) is 23.3 Å². The van der Waals surface area contributed by atoms with Gasteiger partial charge in [-0.3, -0.25) is 0 Å². The quantitative estimate of drug-likeness (QED) is 0.459. The van der Waals surface area contributed by atoms with E-state index in [1.54, 1.807) is 22.8 Å². The van der Waals surface area contributed by atoms with Crippen LogP contribution >= 0.6 is 0 Å². The molecule has 0 bridgehead atoms. The second kappa shape index (κ2) is 7.21. The van der Waals surface area contributed by atoms with Crippen molar-refractivity contribution in [2.75, 3.05) is 5.73 Å². The van der Waals surface area contributed by atoms with Gasteiger partial charge in [-0.25, -0.2) is 18.4 Å². The SMILES string of the molecule is Cc1cccc(S(=O)(=O)c2c(N)n(Cc3ccccc3)c3nc4ccccc4nc23)c1. The minimum Gasteiger partial charge on any atom is -0.384 e. The monoisotopic (exact) mass is 428 g/mol. The molecular formula is C24H20N4O2S. The molecule has 0 radical (unpaired) electrons. The Morgan fingerprint density at radius 1 is 0.871 bits per heavy atom. The maximum atomic E-state index is 13.7. The minimum atomic E-state index is -3.91. The molecule has 5 aromatic rings. The van der Waals surface area contributed by atoms with E-state index >= 15 is 0 Å². The summed E-state index contributed by atoms with van der Waals surface area (Å²) in [5, 5.41) is 0. The van der Waals surface area contributed by atoms with E-state index in [0.717, 1.165) is 11.1 Å². The first-order valence-electron chi connectivity index (χ1n) is 9.85. The number of anilines is 1. The van der Waals surface area contributed by atoms with Gasteiger partial charge in [-0.15, -0.1) is 0 Å². The second-order valence-corrected chi connectivity index (χ2v) is 9.38. The van der Waals surface area contributed by atoms with Crippen LogP contribution in [-0.4, -0.2) is 23.0 Å². The smallest absolute Gasteiger partial charge is 0.212 e. The minimum absolute atomic E-state index is 0.00211. The Labute approximate surface area is 179 Å². The number of aryl methyl sites for hydroxylation is 1. The van der Waals surface area contributed by atoms with Gasteiger partial charge in [0, 0.05) is 0 Å². The zero-order valence-corrected chi connectivity index (χ0v) is 17.7. The lowest BCUT2D eigenvalue weighted by atomic mass is 10.2. The lowest BCUT2D eigenvalue weighted by Gasteiger charge is -2.09. The molecule has 0 saturated carbocycles. The van der Waals surface area contributed by atoms with E-state index in [1.807, 2.05) is 67.6 Å². The third-order valence-corrected chi connectivity index (χ3v) is 7.11. The number of hydrogen-bond acceptors (Lipinski definition) is 5. The molecule has 6 nitrogen and oxygen atoms in total. The Hall–Kier alpha value is -3.71. The van der Waals surface area contributed by atoms with Crippen molar-refractivity contribution in [3.63, 3.8) is 0 Å². The molecule has 0 aliphatic carbocycles. The van der Waals surface area contributed by atoms with Crippen LogP contribution in [0.25, 0.3) is 22.2 Å². The van der Waals surface area contributed by atoms with Crippen molar-refractivity contribution in [1.29, 1.82) is 0 Å². The highest BCUT2D eigenvalue weighted by Crippen LogP contribution is 2.35. The number of hydrogen-bond donors (Lipinski definition) is 1. The summed E-state index contributed by atoms with van der Waals surface area (Å²) in [7, 11) is -3.91. The van der Waals surface area contributed by atoms with Crippen molar-refractivity contribution in [3.8, 4) is 0 Å². The number of nitrogen functional groups attached to an aromatic ring is 1. The lowest BCUT2D eigenvalue weighted by molar-refractivity contribution is 0.596. The van der Waals surface area contributed by atoms with E-state index in [9.17, 15) is 8.42 Å². The summed E-state index contributed by atoms with van der Waals surface area (Å²) in [5.74, 6) is 0.135. The Kier molecular flexibility index (Phi) is 4.48. The Morgan fingerprint density at radius 3 is 2.26 bits per heavy atom. The number of nitrogens with zero attached hydrogens (tertiary/aromatic N) is 3. The fourth-order valence-electron chi connectivity index (χ4n) is 3.78. The Balaban J connectivity index is 1.83. The zero-order valence-electron chi connectivity index (χ0n) is 16.9. The van der Waals surface area contributed by atoms with Gasteiger partial charge < -0.3 is 10.3 Å². The van der Waals surface area contributed by atoms with Gasteiger partial charge in [0.25, 0.3) is 0 Å². The van der Waals surface area contributed by atoms with E-state index in [2.05, 4.69) is 4.98 Å². The molecule has 0 aliphatic rings. The molecule has 0 atom stereocenters. The van der Waals surface area contributed by atoms with Crippen molar-refractivity contribution >= 4 is 37.9 Å². The van der Waals surface area contributed by atoms with Crippen molar-refractivity contribution in [2.24, 2.45) is 0 Å². The molecule has 0 spiro atoms. The number of aromatic nitrogens is 3. The molecule has 0 amide bonds. The molecule has 154 valence electrons. The molecule has 7 heteroatoms. The van der Waals surface area contributed by atoms with E-state index in [0.29, 0.717) is 23.2 Å². The summed E-state index contributed by atoms with van der Waals surface area (Å²) in [6.07, 6.45) is 0. The van der Waals surface area contributed by atoms with Crippen LogP contribution < -0.4 is 5.73 Å². The second-order valence-electron chi connectivity index (χ2n) is 7.49. The molecule has 0 aliphatic heterocycles. The highest BCUT2D eigenvalue weighted by atomic mass is 32.2. The summed E-state index contributed by atoms with van der Waals surface area (Å²) in [6.45, 7) is 2.24. The Morgan fingerprint density at radius 2 is 1.55 bits per heavy atom. The van der Waals surface area contributed by atoms with Gasteiger partial charge in [0.15, 0.2) is 5.65 Å². The van der Waals surface area contributed by atoms with Gasteiger partial charge in [-0.1, -0.05) is 54.6 Å². The highest BCUT2D eigenvalue weighted by Gasteiger charge is 2.30. The maximum Gasteiger partial charge on any atom is 0.212 e. The zero-order chi connectivity index (χ0) is 21.6. The number of para-hydroxylation sites is 2. The molecule has 2 heterocycles. The molecule has 5 rings (SSSR count). The van der Waals surface area contributed by atoms with Gasteiger partial charge in [0.05, 0.1) is 22.5 Å². The molecule has 31 heavy (non-hydrogen) atoms. The number of nitrogens with two attached hydrogens (primary N) is 1. The largest absolute Gasteiger partial charge is 0.384 e. The first kappa shape index (κ1) is 19.3. The van der Waals surface area contributed by atoms with Crippen LogP contribution in [0.3, 0.4) is 0 Å². The fourth-order valence-corrected chi connectivity index (χ4v) is 5.39. The van der Waals surface area contributed by atoms with Crippen LogP contribution in [0.4, 0.5) is 5.82 Å². The highest BCUT2D eigenvalue weighted by molar-refractivity contribution is 7.92. The fraction of sp³-hybridized carbons (Fsp3) is 0.0833. The van der Waals surface area contributed by atoms with Crippen LogP contribution in [-0.2, 0) is 16.4 Å². The van der Waals surface area contributed by atoms with Crippen LogP contribution in [0.5, 0.6) is 0 Å². The van der Waals surface area contributed by atoms with E-state index in [4.69, 9.17) is 10.7 Å². The van der Waals surface area contributed by atoms with E-state index in [-0.39, 0.29) is 21.1 Å². The third-order valence-electron chi connectivity index (χ3n) is 5.30. The van der Waals surface area contributed by atoms with E-state index in [1.165, 1.54) is 0 Å². The summed E-state index contributed by atoms with van der Waals surface area (Å²) < 4.78 is 29.1. The molecular weight excluding hydrogens is 408 g/mol. The number of rotatable bonds is 4. The first-order valence-corrected chi connectivity index (χ1v) is 11.3. The Bertz CT molecular complexity index is 1540. The van der Waals surface area contributed by atoms with E-state index < -0.39 is 9.84 Å². The molecule has 2 N–H and O–H groups in total. The predicted molar refractivity (Wildman–Crippen MR) is 122 cm³/mol. The average molecular weight is 429 g/mol. The van der Waals surface area contributed by atoms with Gasteiger partial charge in [-0.05, 0) is 42.3 Å². The first-order chi connectivity index (χ1) is 14.9. The lowest BCUT2D eigenvalue weighted by Crippen LogP contribution is -2.09. The molecule has 0 unspecified atom stereocenters. The molecule has 2 aromatic heterocycles. The summed E-state index contributed by atoms with van der Waals surface area (Å²) >= 11 is 0. The summed E-state index contributed by atoms with van der Waals surface area (Å²) in [4.78, 5) is 9.60. The van der Waals surface area contributed by atoms with Gasteiger partial charge in [-0.2, -0.15) is 0 Å². The normalized spacial score (nSPS) is 11.9. The molecule has 0 fully saturated rings. The van der Waals surface area contributed by atoms with Crippen LogP contribution in [0.15, 0.2) is 88.7 Å². The van der Waals surface area contributed by atoms with Gasteiger partial charge in [0.1, 0.15) is 16.2 Å². The van der Waals surface area contributed by atoms with Gasteiger partial charge in [0.2, 0.25) is 9.84 Å². The topological polar surface area (TPSA) is 90.9 Å². The van der Waals surface area contributed by atoms with Crippen LogP contribution in [0.1, 0.15) is 11.1 Å². The van der Waals surface area contributed by atoms with Crippen LogP contribution in [0, 0.1) is 6.92 Å². The third kappa shape index (κ3) is 3.23. The van der Waals surface area contributed by atoms with Crippen LogP contribution in [0.2, 0.25) is 0 Å². The van der Waals surface area contributed by atoms with Crippen molar-refractivity contribution in [1.82, 2.24) is 14.5 Å². The molecule has 3 aromatic carbocycles. The van der Waals surface area contributed by atoms with Crippen molar-refractivity contribution in [3.05, 3.63) is 90.0 Å². The summed E-state index contributed by atoms with van der Waals surface area (Å²) in [5.41, 5.74) is 10.4. The van der Waals surface area contributed by atoms with Crippen molar-refractivity contribution < 1.29 is 8.42 Å². The maximum absolute atomic E-state index is 13.7. The number of sulfone groups is 1. The summed E-state index contributed by atoms with van der Waals surface area (Å²) in [6, 6.07) is 23.9. The number of benzene rings is 3. The predicted octanol–water partition coefficient (Wildman–Crippen LogP) is 4.36. The molecule has 0 saturated heterocycles. The average Bonchev–Trinajstić information content (AvgIpc) is 3.04. The number of fused-ring (bicyclic) bond motifs is 2.